The lowest BCUT2D eigenvalue weighted by molar-refractivity contribution is -0.147. The minimum Gasteiger partial charge on any atom is -0.481 e. The SMILES string of the molecule is O=C(O)C[C@@H]1CN(C(=O)CCCc2nc3ccccc3s2)CCO1. The van der Waals surface area contributed by atoms with Crippen LogP contribution in [0.15, 0.2) is 24.3 Å². The van der Waals surface area contributed by atoms with Crippen LogP contribution in [0, 0.1) is 0 Å². The van der Waals surface area contributed by atoms with Gasteiger partial charge in [0.1, 0.15) is 0 Å². The van der Waals surface area contributed by atoms with Gasteiger partial charge in [-0.1, -0.05) is 12.1 Å². The van der Waals surface area contributed by atoms with Gasteiger partial charge in [0.05, 0.1) is 34.4 Å². The molecule has 1 aromatic carbocycles. The summed E-state index contributed by atoms with van der Waals surface area (Å²) in [6.45, 7) is 1.31. The maximum atomic E-state index is 12.3. The predicted molar refractivity (Wildman–Crippen MR) is 91.1 cm³/mol. The van der Waals surface area contributed by atoms with E-state index in [0.717, 1.165) is 23.4 Å². The molecule has 6 nitrogen and oxygen atoms in total. The summed E-state index contributed by atoms with van der Waals surface area (Å²) in [7, 11) is 0. The Bertz CT molecular complexity index is 697. The number of nitrogens with zero attached hydrogens (tertiary/aromatic N) is 2. The molecular weight excluding hydrogens is 328 g/mol. The third-order valence-corrected chi connectivity index (χ3v) is 5.11. The highest BCUT2D eigenvalue weighted by atomic mass is 32.1. The van der Waals surface area contributed by atoms with Crippen molar-refractivity contribution in [3.05, 3.63) is 29.3 Å². The van der Waals surface area contributed by atoms with Crippen molar-refractivity contribution in [2.24, 2.45) is 0 Å². The van der Waals surface area contributed by atoms with Crippen molar-refractivity contribution in [1.82, 2.24) is 9.88 Å². The summed E-state index contributed by atoms with van der Waals surface area (Å²) in [4.78, 5) is 29.3. The topological polar surface area (TPSA) is 79.7 Å². The average molecular weight is 348 g/mol. The van der Waals surface area contributed by atoms with Crippen LogP contribution in [-0.4, -0.2) is 52.7 Å². The lowest BCUT2D eigenvalue weighted by Crippen LogP contribution is -2.46. The molecule has 1 N–H and O–H groups in total. The smallest absolute Gasteiger partial charge is 0.306 e. The standard InChI is InChI=1S/C17H20N2O4S/c20-16(19-8-9-23-12(11-19)10-17(21)22)7-3-6-15-18-13-4-1-2-5-14(13)24-15/h1-2,4-5,12H,3,6-11H2,(H,21,22)/t12-/m1/s1. The van der Waals surface area contributed by atoms with Crippen LogP contribution in [0.5, 0.6) is 0 Å². The van der Waals surface area contributed by atoms with E-state index in [-0.39, 0.29) is 12.3 Å². The Balaban J connectivity index is 1.47. The fourth-order valence-electron chi connectivity index (χ4n) is 2.84. The van der Waals surface area contributed by atoms with E-state index >= 15 is 0 Å². The number of rotatable bonds is 6. The molecule has 0 aliphatic carbocycles. The van der Waals surface area contributed by atoms with Crippen molar-refractivity contribution in [1.29, 1.82) is 0 Å². The van der Waals surface area contributed by atoms with Crippen LogP contribution in [0.25, 0.3) is 10.2 Å². The van der Waals surface area contributed by atoms with Crippen molar-refractivity contribution in [3.8, 4) is 0 Å². The Labute approximate surface area is 144 Å². The number of carboxylic acids is 1. The summed E-state index contributed by atoms with van der Waals surface area (Å²) in [5, 5.41) is 9.88. The van der Waals surface area contributed by atoms with E-state index in [4.69, 9.17) is 9.84 Å². The molecule has 1 aliphatic heterocycles. The number of benzene rings is 1. The van der Waals surface area contributed by atoms with Crippen LogP contribution < -0.4 is 0 Å². The first-order valence-corrected chi connectivity index (χ1v) is 8.89. The summed E-state index contributed by atoms with van der Waals surface area (Å²) < 4.78 is 6.56. The van der Waals surface area contributed by atoms with Gasteiger partial charge in [0.2, 0.25) is 5.91 Å². The summed E-state index contributed by atoms with van der Waals surface area (Å²) in [5.74, 6) is -0.833. The van der Waals surface area contributed by atoms with Crippen molar-refractivity contribution in [2.45, 2.75) is 31.8 Å². The number of para-hydroxylation sites is 1. The van der Waals surface area contributed by atoms with Crippen LogP contribution in [0.1, 0.15) is 24.3 Å². The number of ether oxygens (including phenoxy) is 1. The first kappa shape index (κ1) is 16.9. The van der Waals surface area contributed by atoms with Gasteiger partial charge in [-0.15, -0.1) is 11.3 Å². The molecule has 0 radical (unpaired) electrons. The lowest BCUT2D eigenvalue weighted by Gasteiger charge is -2.32. The summed E-state index contributed by atoms with van der Waals surface area (Å²) in [6, 6.07) is 8.02. The first-order chi connectivity index (χ1) is 11.6. The minimum atomic E-state index is -0.898. The first-order valence-electron chi connectivity index (χ1n) is 8.07. The molecule has 24 heavy (non-hydrogen) atoms. The number of aromatic nitrogens is 1. The summed E-state index contributed by atoms with van der Waals surface area (Å²) in [6.07, 6.45) is 1.53. The van der Waals surface area contributed by atoms with E-state index in [1.54, 1.807) is 16.2 Å². The Morgan fingerprint density at radius 2 is 2.21 bits per heavy atom. The number of hydrogen-bond donors (Lipinski definition) is 1. The highest BCUT2D eigenvalue weighted by Crippen LogP contribution is 2.23. The van der Waals surface area contributed by atoms with Gasteiger partial charge in [-0.3, -0.25) is 9.59 Å². The third-order valence-electron chi connectivity index (χ3n) is 4.01. The molecule has 0 spiro atoms. The molecular formula is C17H20N2O4S. The summed E-state index contributed by atoms with van der Waals surface area (Å²) >= 11 is 1.67. The van der Waals surface area contributed by atoms with Gasteiger partial charge in [0, 0.05) is 19.5 Å². The molecule has 0 saturated carbocycles. The maximum absolute atomic E-state index is 12.3. The molecule has 1 atom stereocenters. The molecule has 1 saturated heterocycles. The fraction of sp³-hybridized carbons (Fsp3) is 0.471. The van der Waals surface area contributed by atoms with E-state index in [0.29, 0.717) is 26.1 Å². The normalized spacial score (nSPS) is 18.0. The van der Waals surface area contributed by atoms with E-state index in [1.807, 2.05) is 18.2 Å². The minimum absolute atomic E-state index is 0.0600. The zero-order valence-electron chi connectivity index (χ0n) is 13.3. The van der Waals surface area contributed by atoms with Crippen LogP contribution in [0.4, 0.5) is 0 Å². The highest BCUT2D eigenvalue weighted by molar-refractivity contribution is 7.18. The number of aliphatic carboxylic acids is 1. The van der Waals surface area contributed by atoms with Gasteiger partial charge < -0.3 is 14.7 Å². The van der Waals surface area contributed by atoms with E-state index in [9.17, 15) is 9.59 Å². The van der Waals surface area contributed by atoms with Crippen molar-refractivity contribution >= 4 is 33.4 Å². The number of hydrogen-bond acceptors (Lipinski definition) is 5. The number of aryl methyl sites for hydroxylation is 1. The number of carbonyl (C=O) groups excluding carboxylic acids is 1. The zero-order valence-corrected chi connectivity index (χ0v) is 14.1. The number of carbonyl (C=O) groups is 2. The molecule has 3 rings (SSSR count). The number of amides is 1. The Hall–Kier alpha value is -1.99. The predicted octanol–water partition coefficient (Wildman–Crippen LogP) is 2.32. The van der Waals surface area contributed by atoms with Crippen LogP contribution >= 0.6 is 11.3 Å². The van der Waals surface area contributed by atoms with Crippen molar-refractivity contribution in [2.75, 3.05) is 19.7 Å². The number of morpholine rings is 1. The Morgan fingerprint density at radius 1 is 1.38 bits per heavy atom. The summed E-state index contributed by atoms with van der Waals surface area (Å²) in [5.41, 5.74) is 1.01. The number of carboxylic acid groups (broad SMARTS) is 1. The molecule has 1 fully saturated rings. The van der Waals surface area contributed by atoms with Crippen LogP contribution in [-0.2, 0) is 20.7 Å². The Kier molecular flexibility index (Phi) is 5.42. The molecule has 0 unspecified atom stereocenters. The van der Waals surface area contributed by atoms with E-state index < -0.39 is 12.1 Å². The second-order valence-electron chi connectivity index (χ2n) is 5.86. The van der Waals surface area contributed by atoms with Gasteiger partial charge in [0.25, 0.3) is 0 Å². The van der Waals surface area contributed by atoms with Crippen LogP contribution in [0.2, 0.25) is 0 Å². The molecule has 1 amide bonds. The van der Waals surface area contributed by atoms with Crippen molar-refractivity contribution < 1.29 is 19.4 Å². The number of thiazole rings is 1. The van der Waals surface area contributed by atoms with Gasteiger partial charge in [-0.05, 0) is 25.0 Å². The monoisotopic (exact) mass is 348 g/mol. The van der Waals surface area contributed by atoms with Gasteiger partial charge in [-0.2, -0.15) is 0 Å². The molecule has 1 aliphatic rings. The number of fused-ring (bicyclic) bond motifs is 1. The van der Waals surface area contributed by atoms with E-state index in [1.165, 1.54) is 4.70 Å². The third kappa shape index (κ3) is 4.30. The molecule has 128 valence electrons. The zero-order chi connectivity index (χ0) is 16.9. The molecule has 2 heterocycles. The van der Waals surface area contributed by atoms with Crippen LogP contribution in [0.3, 0.4) is 0 Å². The van der Waals surface area contributed by atoms with E-state index in [2.05, 4.69) is 11.1 Å². The van der Waals surface area contributed by atoms with Gasteiger partial charge >= 0.3 is 5.97 Å². The second kappa shape index (κ2) is 7.72. The van der Waals surface area contributed by atoms with Crippen molar-refractivity contribution in [3.63, 3.8) is 0 Å². The quantitative estimate of drug-likeness (QED) is 0.867. The molecule has 0 bridgehead atoms. The molecule has 1 aromatic heterocycles. The molecule has 2 aromatic rings. The second-order valence-corrected chi connectivity index (χ2v) is 6.97. The average Bonchev–Trinajstić information content (AvgIpc) is 2.97. The maximum Gasteiger partial charge on any atom is 0.306 e. The fourth-order valence-corrected chi connectivity index (χ4v) is 3.85. The highest BCUT2D eigenvalue weighted by Gasteiger charge is 2.25. The Morgan fingerprint density at radius 3 is 3.00 bits per heavy atom. The van der Waals surface area contributed by atoms with Gasteiger partial charge in [-0.25, -0.2) is 4.98 Å². The van der Waals surface area contributed by atoms with Gasteiger partial charge in [0.15, 0.2) is 0 Å². The largest absolute Gasteiger partial charge is 0.481 e. The lowest BCUT2D eigenvalue weighted by atomic mass is 10.1. The molecule has 7 heteroatoms.